The van der Waals surface area contributed by atoms with E-state index in [1.165, 1.54) is 19.3 Å². The van der Waals surface area contributed by atoms with Crippen molar-refractivity contribution in [3.63, 3.8) is 0 Å². The summed E-state index contributed by atoms with van der Waals surface area (Å²) in [6.07, 6.45) is 5.98. The van der Waals surface area contributed by atoms with Crippen molar-refractivity contribution in [2.45, 2.75) is 32.1 Å². The molecular weight excluding hydrogens is 126 g/mol. The second kappa shape index (κ2) is 3.59. The van der Waals surface area contributed by atoms with E-state index in [1.807, 2.05) is 0 Å². The number of hydrogen-bond donors (Lipinski definition) is 1. The van der Waals surface area contributed by atoms with E-state index in [9.17, 15) is 4.79 Å². The van der Waals surface area contributed by atoms with Gasteiger partial charge in [0, 0.05) is 14.4 Å². The molecule has 0 atom stereocenters. The molecule has 0 aromatic rings. The average Bonchev–Trinajstić information content (AvgIpc) is 2.05. The van der Waals surface area contributed by atoms with Gasteiger partial charge in [-0.15, -0.1) is 0 Å². The molecule has 0 heterocycles. The molecule has 0 aromatic heterocycles. The molecule has 1 rings (SSSR count). The Hall–Kier alpha value is -0.530. The van der Waals surface area contributed by atoms with Gasteiger partial charge < -0.3 is 5.32 Å². The molecule has 2 heteroatoms. The van der Waals surface area contributed by atoms with E-state index >= 15 is 0 Å². The third-order valence-electron chi connectivity index (χ3n) is 2.22. The van der Waals surface area contributed by atoms with E-state index in [-0.39, 0.29) is 7.33 Å². The van der Waals surface area contributed by atoms with Crippen LogP contribution in [-0.4, -0.2) is 13.0 Å². The summed E-state index contributed by atoms with van der Waals surface area (Å²) in [7, 11) is 1.72. The van der Waals surface area contributed by atoms with Crippen molar-refractivity contribution in [2.24, 2.45) is 5.92 Å². The van der Waals surface area contributed by atoms with Crippen LogP contribution in [0.5, 0.6) is 0 Å². The number of hydrogen-bond acceptors (Lipinski definition) is 1. The van der Waals surface area contributed by atoms with Crippen LogP contribution in [-0.2, 0) is 4.79 Å². The Morgan fingerprint density at radius 1 is 1.40 bits per heavy atom. The van der Waals surface area contributed by atoms with Crippen LogP contribution in [0.4, 0.5) is 0 Å². The second-order valence-corrected chi connectivity index (χ2v) is 2.95. The molecule has 1 N–H and O–H groups in total. The van der Waals surface area contributed by atoms with Gasteiger partial charge in [-0.05, 0) is 12.8 Å². The fourth-order valence-electron chi connectivity index (χ4n) is 1.57. The average molecular weight is 143 g/mol. The van der Waals surface area contributed by atoms with Gasteiger partial charge in [0.15, 0.2) is 0 Å². The summed E-state index contributed by atoms with van der Waals surface area (Å²) < 4.78 is 0. The van der Waals surface area contributed by atoms with E-state index in [0.29, 0.717) is 5.92 Å². The number of nitrogens with one attached hydrogen (secondary N) is 1. The van der Waals surface area contributed by atoms with Crippen molar-refractivity contribution in [2.75, 3.05) is 7.05 Å². The minimum absolute atomic E-state index is 0. The maximum absolute atomic E-state index is 11.1. The van der Waals surface area contributed by atoms with Crippen LogP contribution in [0.15, 0.2) is 0 Å². The van der Waals surface area contributed by atoms with Crippen LogP contribution >= 0.6 is 0 Å². The van der Waals surface area contributed by atoms with Gasteiger partial charge >= 0.3 is 0 Å². The van der Waals surface area contributed by atoms with Gasteiger partial charge in [-0.2, -0.15) is 0 Å². The maximum atomic E-state index is 11.1. The predicted molar refractivity (Wildman–Crippen MR) is 42.8 cm³/mol. The van der Waals surface area contributed by atoms with Crippen LogP contribution in [0.3, 0.4) is 0 Å². The molecule has 2 nitrogen and oxygen atoms in total. The molecule has 0 saturated heterocycles. The Morgan fingerprint density at radius 3 is 2.50 bits per heavy atom. The van der Waals surface area contributed by atoms with Crippen molar-refractivity contribution >= 4 is 5.91 Å². The molecule has 0 aromatic carbocycles. The number of rotatable bonds is 1. The minimum Gasteiger partial charge on any atom is -0.359 e. The summed E-state index contributed by atoms with van der Waals surface area (Å²) in [5.74, 6) is 0.554. The highest BCUT2D eigenvalue weighted by Gasteiger charge is 2.19. The first-order chi connectivity index (χ1) is 4.84. The molecule has 60 valence electrons. The minimum atomic E-state index is 0. The summed E-state index contributed by atoms with van der Waals surface area (Å²) in [6.45, 7) is 0. The SMILES string of the molecule is CNC(=O)C1CCCCC1.[HH]. The van der Waals surface area contributed by atoms with Gasteiger partial charge in [0.2, 0.25) is 5.91 Å². The zero-order chi connectivity index (χ0) is 7.40. The van der Waals surface area contributed by atoms with Crippen molar-refractivity contribution in [1.29, 1.82) is 0 Å². The van der Waals surface area contributed by atoms with Crippen molar-refractivity contribution < 1.29 is 6.22 Å². The first-order valence-corrected chi connectivity index (χ1v) is 4.06. The van der Waals surface area contributed by atoms with E-state index in [0.717, 1.165) is 12.8 Å². The molecule has 1 saturated carbocycles. The molecule has 0 unspecified atom stereocenters. The van der Waals surface area contributed by atoms with Gasteiger partial charge in [-0.3, -0.25) is 4.79 Å². The van der Waals surface area contributed by atoms with E-state index < -0.39 is 0 Å². The molecular formula is C8H17NO. The van der Waals surface area contributed by atoms with Crippen LogP contribution in [0, 0.1) is 5.92 Å². The van der Waals surface area contributed by atoms with E-state index in [2.05, 4.69) is 5.32 Å². The third-order valence-corrected chi connectivity index (χ3v) is 2.22. The fourth-order valence-corrected chi connectivity index (χ4v) is 1.57. The standard InChI is InChI=1S/C8H15NO.H2/c1-9-8(10)7-5-3-2-4-6-7;/h7H,2-6H2,1H3,(H,9,10);1H. The lowest BCUT2D eigenvalue weighted by molar-refractivity contribution is -0.125. The topological polar surface area (TPSA) is 29.1 Å². The molecule has 0 bridgehead atoms. The van der Waals surface area contributed by atoms with Crippen LogP contribution in [0.2, 0.25) is 0 Å². The molecule has 1 aliphatic carbocycles. The molecule has 0 radical (unpaired) electrons. The number of carbonyl (C=O) groups is 1. The van der Waals surface area contributed by atoms with Gasteiger partial charge in [0.25, 0.3) is 0 Å². The lowest BCUT2D eigenvalue weighted by atomic mass is 9.89. The second-order valence-electron chi connectivity index (χ2n) is 2.95. The molecule has 0 spiro atoms. The molecule has 1 aliphatic rings. The van der Waals surface area contributed by atoms with Gasteiger partial charge in [-0.1, -0.05) is 19.3 Å². The highest BCUT2D eigenvalue weighted by molar-refractivity contribution is 5.78. The number of amides is 1. The van der Waals surface area contributed by atoms with Crippen molar-refractivity contribution in [3.05, 3.63) is 0 Å². The first kappa shape index (κ1) is 7.58. The maximum Gasteiger partial charge on any atom is 0.222 e. The van der Waals surface area contributed by atoms with Gasteiger partial charge in [0.05, 0.1) is 0 Å². The summed E-state index contributed by atoms with van der Waals surface area (Å²) >= 11 is 0. The summed E-state index contributed by atoms with van der Waals surface area (Å²) in [5.41, 5.74) is 0. The Bertz CT molecular complexity index is 121. The largest absolute Gasteiger partial charge is 0.359 e. The summed E-state index contributed by atoms with van der Waals surface area (Å²) in [5, 5.41) is 2.70. The molecule has 1 amide bonds. The fraction of sp³-hybridized carbons (Fsp3) is 0.875. The molecule has 1 fully saturated rings. The lowest BCUT2D eigenvalue weighted by Gasteiger charge is -2.19. The van der Waals surface area contributed by atoms with Crippen LogP contribution in [0.25, 0.3) is 0 Å². The van der Waals surface area contributed by atoms with E-state index in [1.54, 1.807) is 7.05 Å². The smallest absolute Gasteiger partial charge is 0.222 e. The highest BCUT2D eigenvalue weighted by Crippen LogP contribution is 2.23. The first-order valence-electron chi connectivity index (χ1n) is 4.06. The highest BCUT2D eigenvalue weighted by atomic mass is 16.1. The Balaban J connectivity index is 0.000001000. The lowest BCUT2D eigenvalue weighted by Crippen LogP contribution is -2.28. The van der Waals surface area contributed by atoms with Crippen LogP contribution in [0.1, 0.15) is 33.5 Å². The normalized spacial score (nSPS) is 20.5. The zero-order valence-electron chi connectivity index (χ0n) is 6.52. The molecule has 0 aliphatic heterocycles. The number of carbonyl (C=O) groups excluding carboxylic acids is 1. The Kier molecular flexibility index (Phi) is 2.72. The van der Waals surface area contributed by atoms with Crippen molar-refractivity contribution in [3.8, 4) is 0 Å². The molecule has 10 heavy (non-hydrogen) atoms. The monoisotopic (exact) mass is 143 g/mol. The zero-order valence-corrected chi connectivity index (χ0v) is 6.52. The van der Waals surface area contributed by atoms with Crippen molar-refractivity contribution in [1.82, 2.24) is 5.32 Å². The summed E-state index contributed by atoms with van der Waals surface area (Å²) in [4.78, 5) is 11.1. The quantitative estimate of drug-likeness (QED) is 0.593. The Labute approximate surface area is 63.5 Å². The van der Waals surface area contributed by atoms with Gasteiger partial charge in [0.1, 0.15) is 0 Å². The summed E-state index contributed by atoms with van der Waals surface area (Å²) in [6, 6.07) is 0. The predicted octanol–water partition coefficient (Wildman–Crippen LogP) is 1.56. The third kappa shape index (κ3) is 1.72. The van der Waals surface area contributed by atoms with Crippen LogP contribution < -0.4 is 5.32 Å². The van der Waals surface area contributed by atoms with E-state index in [4.69, 9.17) is 0 Å². The Morgan fingerprint density at radius 2 is 2.00 bits per heavy atom. The van der Waals surface area contributed by atoms with Gasteiger partial charge in [-0.25, -0.2) is 0 Å².